The summed E-state index contributed by atoms with van der Waals surface area (Å²) < 4.78 is 4.90. The monoisotopic (exact) mass is 330 g/mol. The lowest BCUT2D eigenvalue weighted by molar-refractivity contribution is 0.102. The van der Waals surface area contributed by atoms with Gasteiger partial charge in [0.25, 0.3) is 5.91 Å². The van der Waals surface area contributed by atoms with Crippen LogP contribution in [0.4, 0.5) is 16.2 Å². The highest BCUT2D eigenvalue weighted by atomic mass is 35.5. The van der Waals surface area contributed by atoms with Crippen LogP contribution in [0.1, 0.15) is 15.9 Å². The molecule has 23 heavy (non-hydrogen) atoms. The molecule has 3 rings (SSSR count). The Bertz CT molecular complexity index is 759. The van der Waals surface area contributed by atoms with E-state index in [9.17, 15) is 9.59 Å². The van der Waals surface area contributed by atoms with Gasteiger partial charge < -0.3 is 10.1 Å². The fourth-order valence-electron chi connectivity index (χ4n) is 2.34. The van der Waals surface area contributed by atoms with Crippen LogP contribution in [0.2, 0.25) is 5.02 Å². The number of nitrogens with one attached hydrogen (secondary N) is 1. The molecule has 5 nitrogen and oxygen atoms in total. The number of amides is 2. The molecule has 0 saturated carbocycles. The second-order valence-electron chi connectivity index (χ2n) is 5.23. The Morgan fingerprint density at radius 3 is 2.61 bits per heavy atom. The molecule has 1 saturated heterocycles. The largest absolute Gasteiger partial charge is 0.447 e. The van der Waals surface area contributed by atoms with Crippen LogP contribution in [0.3, 0.4) is 0 Å². The molecule has 6 heteroatoms. The van der Waals surface area contributed by atoms with Gasteiger partial charge in [-0.2, -0.15) is 0 Å². The molecule has 0 unspecified atom stereocenters. The molecule has 118 valence electrons. The molecule has 1 aliphatic rings. The Morgan fingerprint density at radius 1 is 1.22 bits per heavy atom. The van der Waals surface area contributed by atoms with Gasteiger partial charge in [-0.15, -0.1) is 0 Å². The summed E-state index contributed by atoms with van der Waals surface area (Å²) in [5.74, 6) is -0.231. The molecule has 1 aliphatic heterocycles. The molecule has 0 bridgehead atoms. The number of hydrogen-bond donors (Lipinski definition) is 1. The van der Waals surface area contributed by atoms with E-state index < -0.39 is 0 Å². The van der Waals surface area contributed by atoms with Crippen LogP contribution in [0.5, 0.6) is 0 Å². The number of carbonyl (C=O) groups is 2. The summed E-state index contributed by atoms with van der Waals surface area (Å²) in [6, 6.07) is 12.1. The number of rotatable bonds is 3. The highest BCUT2D eigenvalue weighted by Crippen LogP contribution is 2.22. The highest BCUT2D eigenvalue weighted by molar-refractivity contribution is 6.31. The maximum Gasteiger partial charge on any atom is 0.414 e. The minimum Gasteiger partial charge on any atom is -0.447 e. The second-order valence-corrected chi connectivity index (χ2v) is 5.66. The summed E-state index contributed by atoms with van der Waals surface area (Å²) in [6.45, 7) is 2.80. The van der Waals surface area contributed by atoms with E-state index in [0.29, 0.717) is 35.1 Å². The van der Waals surface area contributed by atoms with Crippen molar-refractivity contribution in [2.24, 2.45) is 0 Å². The van der Waals surface area contributed by atoms with Gasteiger partial charge >= 0.3 is 6.09 Å². The highest BCUT2D eigenvalue weighted by Gasteiger charge is 2.23. The molecular weight excluding hydrogens is 316 g/mol. The number of aryl methyl sites for hydroxylation is 1. The zero-order chi connectivity index (χ0) is 16.4. The number of hydrogen-bond acceptors (Lipinski definition) is 3. The Labute approximate surface area is 138 Å². The van der Waals surface area contributed by atoms with Gasteiger partial charge in [-0.3, -0.25) is 9.69 Å². The van der Waals surface area contributed by atoms with Crippen molar-refractivity contribution >= 4 is 35.0 Å². The molecule has 0 aromatic heterocycles. The average Bonchev–Trinajstić information content (AvgIpc) is 2.97. The van der Waals surface area contributed by atoms with Crippen molar-refractivity contribution in [3.8, 4) is 0 Å². The number of halogens is 1. The maximum atomic E-state index is 12.3. The minimum atomic E-state index is -0.364. The van der Waals surface area contributed by atoms with Crippen molar-refractivity contribution in [1.29, 1.82) is 0 Å². The van der Waals surface area contributed by atoms with Crippen LogP contribution in [0.15, 0.2) is 42.5 Å². The molecule has 1 N–H and O–H groups in total. The average molecular weight is 331 g/mol. The number of ether oxygens (including phenoxy) is 1. The molecule has 2 amide bonds. The van der Waals surface area contributed by atoms with Crippen LogP contribution < -0.4 is 10.2 Å². The standard InChI is InChI=1S/C17H15ClN2O3/c1-11-2-5-13(18)10-15(11)19-16(21)12-3-6-14(7-4-12)20-8-9-23-17(20)22/h2-7,10H,8-9H2,1H3,(H,19,21). The van der Waals surface area contributed by atoms with Crippen molar-refractivity contribution in [3.05, 3.63) is 58.6 Å². The van der Waals surface area contributed by atoms with Gasteiger partial charge in [-0.05, 0) is 48.9 Å². The van der Waals surface area contributed by atoms with E-state index in [1.54, 1.807) is 36.4 Å². The van der Waals surface area contributed by atoms with Crippen LogP contribution in [0.25, 0.3) is 0 Å². The third-order valence-corrected chi connectivity index (χ3v) is 3.88. The van der Waals surface area contributed by atoms with Gasteiger partial charge in [-0.25, -0.2) is 4.79 Å². The van der Waals surface area contributed by atoms with Gasteiger partial charge in [0.15, 0.2) is 0 Å². The minimum absolute atomic E-state index is 0.231. The molecule has 0 atom stereocenters. The zero-order valence-electron chi connectivity index (χ0n) is 12.5. The van der Waals surface area contributed by atoms with E-state index in [2.05, 4.69) is 5.32 Å². The van der Waals surface area contributed by atoms with Gasteiger partial charge in [-0.1, -0.05) is 17.7 Å². The second kappa shape index (κ2) is 6.30. The Hall–Kier alpha value is -2.53. The van der Waals surface area contributed by atoms with E-state index in [-0.39, 0.29) is 12.0 Å². The van der Waals surface area contributed by atoms with Crippen LogP contribution in [0, 0.1) is 6.92 Å². The first-order chi connectivity index (χ1) is 11.0. The van der Waals surface area contributed by atoms with Crippen LogP contribution in [-0.4, -0.2) is 25.2 Å². The van der Waals surface area contributed by atoms with E-state index in [1.165, 1.54) is 4.90 Å². The van der Waals surface area contributed by atoms with E-state index in [0.717, 1.165) is 5.56 Å². The van der Waals surface area contributed by atoms with E-state index in [1.807, 2.05) is 13.0 Å². The van der Waals surface area contributed by atoms with Crippen molar-refractivity contribution in [2.45, 2.75) is 6.92 Å². The quantitative estimate of drug-likeness (QED) is 0.929. The molecule has 0 radical (unpaired) electrons. The predicted octanol–water partition coefficient (Wildman–Crippen LogP) is 3.86. The lowest BCUT2D eigenvalue weighted by Crippen LogP contribution is -2.23. The number of benzene rings is 2. The summed E-state index contributed by atoms with van der Waals surface area (Å²) in [5, 5.41) is 3.40. The van der Waals surface area contributed by atoms with Crippen LogP contribution in [-0.2, 0) is 4.74 Å². The maximum absolute atomic E-state index is 12.3. The Kier molecular flexibility index (Phi) is 4.21. The third-order valence-electron chi connectivity index (χ3n) is 3.65. The molecule has 1 fully saturated rings. The fraction of sp³-hybridized carbons (Fsp3) is 0.176. The van der Waals surface area contributed by atoms with Crippen molar-refractivity contribution in [1.82, 2.24) is 0 Å². The Morgan fingerprint density at radius 2 is 1.96 bits per heavy atom. The van der Waals surface area contributed by atoms with Gasteiger partial charge in [0, 0.05) is 22.0 Å². The smallest absolute Gasteiger partial charge is 0.414 e. The molecule has 0 aliphatic carbocycles. The summed E-state index contributed by atoms with van der Waals surface area (Å²) in [4.78, 5) is 25.4. The molecule has 0 spiro atoms. The first-order valence-electron chi connectivity index (χ1n) is 7.16. The predicted molar refractivity (Wildman–Crippen MR) is 89.3 cm³/mol. The van der Waals surface area contributed by atoms with Crippen molar-refractivity contribution < 1.29 is 14.3 Å². The summed E-state index contributed by atoms with van der Waals surface area (Å²) in [5.41, 5.74) is 2.82. The topological polar surface area (TPSA) is 58.6 Å². The lowest BCUT2D eigenvalue weighted by atomic mass is 10.1. The van der Waals surface area contributed by atoms with Crippen molar-refractivity contribution in [3.63, 3.8) is 0 Å². The number of anilines is 2. The first kappa shape index (κ1) is 15.4. The third kappa shape index (κ3) is 3.29. The van der Waals surface area contributed by atoms with E-state index >= 15 is 0 Å². The molecule has 2 aromatic rings. The van der Waals surface area contributed by atoms with Gasteiger partial charge in [0.1, 0.15) is 6.61 Å². The molecule has 2 aromatic carbocycles. The normalized spacial score (nSPS) is 13.8. The SMILES string of the molecule is Cc1ccc(Cl)cc1NC(=O)c1ccc(N2CCOC2=O)cc1. The molecular formula is C17H15ClN2O3. The van der Waals surface area contributed by atoms with E-state index in [4.69, 9.17) is 16.3 Å². The molecule has 1 heterocycles. The summed E-state index contributed by atoms with van der Waals surface area (Å²) in [7, 11) is 0. The Balaban J connectivity index is 1.75. The zero-order valence-corrected chi connectivity index (χ0v) is 13.3. The van der Waals surface area contributed by atoms with Gasteiger partial charge in [0.2, 0.25) is 0 Å². The summed E-state index contributed by atoms with van der Waals surface area (Å²) in [6.07, 6.45) is -0.364. The summed E-state index contributed by atoms with van der Waals surface area (Å²) >= 11 is 5.95. The first-order valence-corrected chi connectivity index (χ1v) is 7.54. The van der Waals surface area contributed by atoms with Crippen LogP contribution >= 0.6 is 11.6 Å². The van der Waals surface area contributed by atoms with Gasteiger partial charge in [0.05, 0.1) is 6.54 Å². The number of nitrogens with zero attached hydrogens (tertiary/aromatic N) is 1. The fourth-order valence-corrected chi connectivity index (χ4v) is 2.52. The van der Waals surface area contributed by atoms with Crippen molar-refractivity contribution in [2.75, 3.05) is 23.4 Å². The lowest BCUT2D eigenvalue weighted by Gasteiger charge is -2.13. The number of cyclic esters (lactones) is 1. The number of carbonyl (C=O) groups excluding carboxylic acids is 2.